The van der Waals surface area contributed by atoms with E-state index < -0.39 is 11.4 Å². The summed E-state index contributed by atoms with van der Waals surface area (Å²) in [5.74, 6) is -1.27. The van der Waals surface area contributed by atoms with Crippen molar-refractivity contribution in [1.82, 2.24) is 5.32 Å². The summed E-state index contributed by atoms with van der Waals surface area (Å²) in [6, 6.07) is 0. The molecule has 0 aromatic carbocycles. The Hall–Kier alpha value is -1.14. The van der Waals surface area contributed by atoms with Gasteiger partial charge in [-0.05, 0) is 27.7 Å². The number of carbonyl (C=O) groups excluding carboxylic acids is 2. The summed E-state index contributed by atoms with van der Waals surface area (Å²) in [4.78, 5) is 23.0. The number of carbonyl (C=O) groups is 2. The van der Waals surface area contributed by atoms with Gasteiger partial charge in [0.05, 0.1) is 6.42 Å². The number of nitrogens with one attached hydrogen (secondary N) is 1. The first-order chi connectivity index (χ1) is 9.12. The number of hydrogen-bond donors (Lipinski definition) is 1. The first-order valence-electron chi connectivity index (χ1n) is 6.71. The van der Waals surface area contributed by atoms with E-state index in [1.54, 1.807) is 41.9 Å². The van der Waals surface area contributed by atoms with Crippen LogP contribution in [-0.2, 0) is 23.8 Å². The predicted molar refractivity (Wildman–Crippen MR) is 75.1 cm³/mol. The molecule has 0 aliphatic rings. The SMILES string of the molecule is COC(C)(CCNC(=O)CCC(=O)OC(C)(C)C)OC. The van der Waals surface area contributed by atoms with Gasteiger partial charge in [-0.25, -0.2) is 0 Å². The Morgan fingerprint density at radius 3 is 2.00 bits per heavy atom. The van der Waals surface area contributed by atoms with Gasteiger partial charge < -0.3 is 19.5 Å². The van der Waals surface area contributed by atoms with Crippen LogP contribution in [0.15, 0.2) is 0 Å². The average Bonchev–Trinajstić information content (AvgIpc) is 2.34. The normalized spacial score (nSPS) is 12.1. The summed E-state index contributed by atoms with van der Waals surface area (Å²) < 4.78 is 15.5. The second kappa shape index (κ2) is 8.21. The van der Waals surface area contributed by atoms with Crippen molar-refractivity contribution in [2.45, 2.75) is 58.3 Å². The first-order valence-corrected chi connectivity index (χ1v) is 6.71. The minimum absolute atomic E-state index is 0.0783. The Morgan fingerprint density at radius 1 is 1.00 bits per heavy atom. The minimum Gasteiger partial charge on any atom is -0.460 e. The molecule has 0 aliphatic heterocycles. The second-order valence-electron chi connectivity index (χ2n) is 5.73. The highest BCUT2D eigenvalue weighted by Gasteiger charge is 2.22. The molecular formula is C14H27NO5. The molecule has 0 atom stereocenters. The maximum Gasteiger partial charge on any atom is 0.306 e. The Morgan fingerprint density at radius 2 is 1.55 bits per heavy atom. The van der Waals surface area contributed by atoms with Crippen molar-refractivity contribution in [3.8, 4) is 0 Å². The Labute approximate surface area is 121 Å². The molecule has 0 aliphatic carbocycles. The fourth-order valence-corrected chi connectivity index (χ4v) is 1.41. The molecule has 0 aromatic heterocycles. The van der Waals surface area contributed by atoms with Crippen LogP contribution < -0.4 is 5.32 Å². The van der Waals surface area contributed by atoms with E-state index >= 15 is 0 Å². The summed E-state index contributed by atoms with van der Waals surface area (Å²) >= 11 is 0. The zero-order valence-corrected chi connectivity index (χ0v) is 13.4. The number of rotatable bonds is 8. The maximum absolute atomic E-state index is 11.6. The quantitative estimate of drug-likeness (QED) is 0.543. The monoisotopic (exact) mass is 289 g/mol. The van der Waals surface area contributed by atoms with Crippen LogP contribution in [0.3, 0.4) is 0 Å². The van der Waals surface area contributed by atoms with Gasteiger partial charge in [-0.15, -0.1) is 0 Å². The molecule has 1 amide bonds. The van der Waals surface area contributed by atoms with Gasteiger partial charge in [-0.3, -0.25) is 9.59 Å². The number of esters is 1. The van der Waals surface area contributed by atoms with Crippen LogP contribution in [0.2, 0.25) is 0 Å². The molecule has 0 saturated heterocycles. The van der Waals surface area contributed by atoms with Crippen molar-refractivity contribution in [2.24, 2.45) is 0 Å². The van der Waals surface area contributed by atoms with Gasteiger partial charge in [0.15, 0.2) is 5.79 Å². The van der Waals surface area contributed by atoms with E-state index in [4.69, 9.17) is 14.2 Å². The van der Waals surface area contributed by atoms with Gasteiger partial charge >= 0.3 is 5.97 Å². The molecule has 6 heteroatoms. The molecule has 0 spiro atoms. The number of hydrogen-bond acceptors (Lipinski definition) is 5. The van der Waals surface area contributed by atoms with E-state index in [9.17, 15) is 9.59 Å². The van der Waals surface area contributed by atoms with Gasteiger partial charge in [0.1, 0.15) is 5.60 Å². The molecule has 0 radical (unpaired) electrons. The van der Waals surface area contributed by atoms with Crippen LogP contribution in [0.4, 0.5) is 0 Å². The van der Waals surface area contributed by atoms with Crippen LogP contribution in [0.5, 0.6) is 0 Å². The molecule has 118 valence electrons. The van der Waals surface area contributed by atoms with Crippen molar-refractivity contribution in [2.75, 3.05) is 20.8 Å². The average molecular weight is 289 g/mol. The topological polar surface area (TPSA) is 73.9 Å². The lowest BCUT2D eigenvalue weighted by Gasteiger charge is -2.26. The van der Waals surface area contributed by atoms with Crippen LogP contribution in [0.25, 0.3) is 0 Å². The molecule has 0 unspecified atom stereocenters. The fraction of sp³-hybridized carbons (Fsp3) is 0.857. The van der Waals surface area contributed by atoms with E-state index in [0.29, 0.717) is 13.0 Å². The minimum atomic E-state index is -0.710. The first kappa shape index (κ1) is 18.9. The highest BCUT2D eigenvalue weighted by atomic mass is 16.7. The van der Waals surface area contributed by atoms with E-state index in [1.165, 1.54) is 0 Å². The maximum atomic E-state index is 11.6. The van der Waals surface area contributed by atoms with E-state index in [1.807, 2.05) is 0 Å². The van der Waals surface area contributed by atoms with Gasteiger partial charge in [-0.1, -0.05) is 0 Å². The van der Waals surface area contributed by atoms with Gasteiger partial charge in [-0.2, -0.15) is 0 Å². The van der Waals surface area contributed by atoms with Crippen LogP contribution in [0.1, 0.15) is 47.0 Å². The molecule has 0 aromatic rings. The van der Waals surface area contributed by atoms with Crippen molar-refractivity contribution in [3.63, 3.8) is 0 Å². The summed E-state index contributed by atoms with van der Waals surface area (Å²) in [5, 5.41) is 2.72. The highest BCUT2D eigenvalue weighted by Crippen LogP contribution is 2.13. The summed E-state index contributed by atoms with van der Waals surface area (Å²) in [5.41, 5.74) is -0.522. The summed E-state index contributed by atoms with van der Waals surface area (Å²) in [6.45, 7) is 7.59. The third-order valence-corrected chi connectivity index (χ3v) is 2.74. The molecule has 0 bridgehead atoms. The lowest BCUT2D eigenvalue weighted by Crippen LogP contribution is -2.36. The summed E-state index contributed by atoms with van der Waals surface area (Å²) in [6.07, 6.45) is 0.721. The summed E-state index contributed by atoms with van der Waals surface area (Å²) in [7, 11) is 3.10. The Balaban J connectivity index is 3.88. The van der Waals surface area contributed by atoms with Gasteiger partial charge in [0, 0.05) is 33.6 Å². The van der Waals surface area contributed by atoms with Crippen molar-refractivity contribution in [1.29, 1.82) is 0 Å². The molecule has 6 nitrogen and oxygen atoms in total. The molecular weight excluding hydrogens is 262 g/mol. The third-order valence-electron chi connectivity index (χ3n) is 2.74. The second-order valence-corrected chi connectivity index (χ2v) is 5.73. The molecule has 0 fully saturated rings. The van der Waals surface area contributed by atoms with Crippen molar-refractivity contribution in [3.05, 3.63) is 0 Å². The lowest BCUT2D eigenvalue weighted by atomic mass is 10.2. The third kappa shape index (κ3) is 8.87. The zero-order valence-electron chi connectivity index (χ0n) is 13.4. The van der Waals surface area contributed by atoms with Crippen molar-refractivity contribution < 1.29 is 23.8 Å². The Bertz CT molecular complexity index is 318. The van der Waals surface area contributed by atoms with E-state index in [0.717, 1.165) is 0 Å². The van der Waals surface area contributed by atoms with E-state index in [2.05, 4.69) is 5.32 Å². The van der Waals surface area contributed by atoms with Crippen LogP contribution >= 0.6 is 0 Å². The van der Waals surface area contributed by atoms with E-state index in [-0.39, 0.29) is 24.7 Å². The zero-order chi connectivity index (χ0) is 15.8. The van der Waals surface area contributed by atoms with Crippen LogP contribution in [-0.4, -0.2) is 44.0 Å². The van der Waals surface area contributed by atoms with Crippen LogP contribution in [0, 0.1) is 0 Å². The fourth-order valence-electron chi connectivity index (χ4n) is 1.41. The largest absolute Gasteiger partial charge is 0.460 e. The molecule has 0 rings (SSSR count). The highest BCUT2D eigenvalue weighted by molar-refractivity contribution is 5.81. The molecule has 0 saturated carbocycles. The Kier molecular flexibility index (Phi) is 7.75. The molecule has 20 heavy (non-hydrogen) atoms. The number of ether oxygens (including phenoxy) is 3. The standard InChI is InChI=1S/C14H27NO5/c1-13(2,3)20-12(17)8-7-11(16)15-10-9-14(4,18-5)19-6/h7-10H2,1-6H3,(H,15,16). The number of methoxy groups -OCH3 is 2. The van der Waals surface area contributed by atoms with Gasteiger partial charge in [0.25, 0.3) is 0 Å². The van der Waals surface area contributed by atoms with Gasteiger partial charge in [0.2, 0.25) is 5.91 Å². The molecule has 1 N–H and O–H groups in total. The molecule has 0 heterocycles. The number of amides is 1. The smallest absolute Gasteiger partial charge is 0.306 e. The van der Waals surface area contributed by atoms with Crippen molar-refractivity contribution >= 4 is 11.9 Å². The predicted octanol–water partition coefficient (Wildman–Crippen LogP) is 1.62. The lowest BCUT2D eigenvalue weighted by molar-refractivity contribution is -0.196.